The number of nitrogens with one attached hydrogen (secondary N) is 1. The third kappa shape index (κ3) is 3.73. The normalized spacial score (nSPS) is 19.5. The van der Waals surface area contributed by atoms with Crippen molar-refractivity contribution in [2.24, 2.45) is 5.41 Å². The summed E-state index contributed by atoms with van der Waals surface area (Å²) in [5, 5.41) is 7.12. The van der Waals surface area contributed by atoms with E-state index in [9.17, 15) is 4.79 Å². The summed E-state index contributed by atoms with van der Waals surface area (Å²) in [5.41, 5.74) is 2.35. The second-order valence-electron chi connectivity index (χ2n) is 7.14. The Labute approximate surface area is 157 Å². The molecule has 0 unspecified atom stereocenters. The lowest BCUT2D eigenvalue weighted by Crippen LogP contribution is -2.44. The van der Waals surface area contributed by atoms with Crippen molar-refractivity contribution in [3.05, 3.63) is 40.4 Å². The van der Waals surface area contributed by atoms with E-state index in [2.05, 4.69) is 10.3 Å². The van der Waals surface area contributed by atoms with Gasteiger partial charge in [-0.15, -0.1) is 11.3 Å². The first-order chi connectivity index (χ1) is 12.1. The fraction of sp³-hybridized carbons (Fsp3) is 0.474. The van der Waals surface area contributed by atoms with Gasteiger partial charge in [-0.05, 0) is 43.4 Å². The molecule has 25 heavy (non-hydrogen) atoms. The van der Waals surface area contributed by atoms with Gasteiger partial charge in [-0.3, -0.25) is 4.79 Å². The lowest BCUT2D eigenvalue weighted by atomic mass is 9.78. The molecular formula is C19H22ClN3OS. The summed E-state index contributed by atoms with van der Waals surface area (Å²) in [6, 6.07) is 7.66. The number of hydrogen-bond acceptors (Lipinski definition) is 4. The van der Waals surface area contributed by atoms with Crippen molar-refractivity contribution in [3.63, 3.8) is 0 Å². The van der Waals surface area contributed by atoms with E-state index < -0.39 is 0 Å². The van der Waals surface area contributed by atoms with Crippen LogP contribution in [0.3, 0.4) is 0 Å². The molecule has 1 aromatic heterocycles. The van der Waals surface area contributed by atoms with Gasteiger partial charge in [-0.1, -0.05) is 23.7 Å². The monoisotopic (exact) mass is 375 g/mol. The Morgan fingerprint density at radius 1 is 1.24 bits per heavy atom. The minimum atomic E-state index is 0.203. The van der Waals surface area contributed by atoms with Crippen molar-refractivity contribution in [2.45, 2.75) is 25.7 Å². The molecule has 2 aliphatic rings. The van der Waals surface area contributed by atoms with Gasteiger partial charge in [-0.2, -0.15) is 0 Å². The molecule has 0 atom stereocenters. The van der Waals surface area contributed by atoms with E-state index in [1.807, 2.05) is 34.5 Å². The fourth-order valence-corrected chi connectivity index (χ4v) is 4.78. The fourth-order valence-electron chi connectivity index (χ4n) is 3.83. The average molecular weight is 376 g/mol. The first kappa shape index (κ1) is 17.0. The minimum absolute atomic E-state index is 0.203. The van der Waals surface area contributed by atoms with Crippen LogP contribution in [0.1, 0.15) is 25.0 Å². The minimum Gasteiger partial charge on any atom is -0.342 e. The molecular weight excluding hydrogens is 354 g/mol. The predicted octanol–water partition coefficient (Wildman–Crippen LogP) is 3.61. The molecule has 0 aliphatic carbocycles. The summed E-state index contributed by atoms with van der Waals surface area (Å²) < 4.78 is 0. The maximum Gasteiger partial charge on any atom is 0.228 e. The molecule has 2 saturated heterocycles. The van der Waals surface area contributed by atoms with Gasteiger partial charge in [0.2, 0.25) is 5.91 Å². The highest BCUT2D eigenvalue weighted by Gasteiger charge is 2.37. The number of nitrogens with zero attached hydrogens (tertiary/aromatic N) is 2. The Hall–Kier alpha value is -1.43. The Bertz CT molecular complexity index is 742. The van der Waals surface area contributed by atoms with E-state index >= 15 is 0 Å². The molecule has 132 valence electrons. The number of carbonyl (C=O) groups excluding carboxylic acids is 1. The van der Waals surface area contributed by atoms with Crippen molar-refractivity contribution in [1.82, 2.24) is 15.2 Å². The molecule has 3 heterocycles. The molecule has 4 rings (SSSR count). The predicted molar refractivity (Wildman–Crippen MR) is 102 cm³/mol. The Balaban J connectivity index is 1.36. The topological polar surface area (TPSA) is 45.2 Å². The molecule has 0 saturated carbocycles. The number of piperidine rings is 1. The molecule has 6 heteroatoms. The van der Waals surface area contributed by atoms with Crippen LogP contribution in [-0.4, -0.2) is 42.0 Å². The van der Waals surface area contributed by atoms with Crippen LogP contribution in [0.5, 0.6) is 0 Å². The zero-order valence-electron chi connectivity index (χ0n) is 14.1. The largest absolute Gasteiger partial charge is 0.342 e. The molecule has 1 amide bonds. The molecule has 0 bridgehead atoms. The van der Waals surface area contributed by atoms with Crippen LogP contribution in [0.25, 0.3) is 10.6 Å². The van der Waals surface area contributed by atoms with E-state index in [0.29, 0.717) is 11.8 Å². The molecule has 2 aromatic rings. The number of benzene rings is 1. The van der Waals surface area contributed by atoms with Gasteiger partial charge < -0.3 is 10.2 Å². The highest BCUT2D eigenvalue weighted by molar-refractivity contribution is 7.13. The van der Waals surface area contributed by atoms with Crippen LogP contribution in [0, 0.1) is 5.41 Å². The molecule has 0 radical (unpaired) electrons. The van der Waals surface area contributed by atoms with Gasteiger partial charge >= 0.3 is 0 Å². The third-order valence-electron chi connectivity index (χ3n) is 5.48. The van der Waals surface area contributed by atoms with Crippen molar-refractivity contribution in [1.29, 1.82) is 0 Å². The molecule has 2 fully saturated rings. The van der Waals surface area contributed by atoms with E-state index in [4.69, 9.17) is 11.6 Å². The van der Waals surface area contributed by atoms with Crippen LogP contribution >= 0.6 is 22.9 Å². The Kier molecular flexibility index (Phi) is 4.80. The molecule has 2 aliphatic heterocycles. The second-order valence-corrected chi connectivity index (χ2v) is 8.43. The van der Waals surface area contributed by atoms with Crippen molar-refractivity contribution in [3.8, 4) is 10.6 Å². The average Bonchev–Trinajstić information content (AvgIpc) is 3.26. The van der Waals surface area contributed by atoms with E-state index in [0.717, 1.165) is 60.3 Å². The van der Waals surface area contributed by atoms with Gasteiger partial charge in [0.15, 0.2) is 0 Å². The number of carbonyl (C=O) groups is 1. The van der Waals surface area contributed by atoms with Gasteiger partial charge in [-0.25, -0.2) is 4.98 Å². The van der Waals surface area contributed by atoms with Crippen molar-refractivity contribution in [2.75, 3.05) is 26.2 Å². The van der Waals surface area contributed by atoms with Gasteiger partial charge in [0.1, 0.15) is 5.01 Å². The van der Waals surface area contributed by atoms with Crippen LogP contribution in [0.2, 0.25) is 5.02 Å². The zero-order valence-corrected chi connectivity index (χ0v) is 15.7. The van der Waals surface area contributed by atoms with Crippen LogP contribution in [0.4, 0.5) is 0 Å². The molecule has 1 aromatic carbocycles. The second kappa shape index (κ2) is 7.06. The number of thiazole rings is 1. The number of aromatic nitrogens is 1. The SMILES string of the molecule is O=C(Cc1csc(-c2ccc(Cl)cc2)n1)N1CCC2(CCNC2)CC1. The lowest BCUT2D eigenvalue weighted by Gasteiger charge is -2.38. The third-order valence-corrected chi connectivity index (χ3v) is 6.68. The summed E-state index contributed by atoms with van der Waals surface area (Å²) in [6.45, 7) is 4.01. The standard InChI is InChI=1S/C19H22ClN3OS/c20-15-3-1-14(2-4-15)18-22-16(12-25-18)11-17(24)23-9-6-19(7-10-23)5-8-21-13-19/h1-4,12,21H,5-11,13H2. The first-order valence-corrected chi connectivity index (χ1v) is 10.1. The van der Waals surface area contributed by atoms with E-state index in [1.54, 1.807) is 11.3 Å². The summed E-state index contributed by atoms with van der Waals surface area (Å²) >= 11 is 7.51. The molecule has 1 spiro atoms. The molecule has 1 N–H and O–H groups in total. The smallest absolute Gasteiger partial charge is 0.228 e. The van der Waals surface area contributed by atoms with Gasteiger partial charge in [0, 0.05) is 35.6 Å². The van der Waals surface area contributed by atoms with Crippen molar-refractivity contribution < 1.29 is 4.79 Å². The molecule has 4 nitrogen and oxygen atoms in total. The number of halogens is 1. The highest BCUT2D eigenvalue weighted by atomic mass is 35.5. The number of rotatable bonds is 3. The van der Waals surface area contributed by atoms with E-state index in [1.165, 1.54) is 6.42 Å². The first-order valence-electron chi connectivity index (χ1n) is 8.82. The van der Waals surface area contributed by atoms with Crippen LogP contribution < -0.4 is 5.32 Å². The summed E-state index contributed by atoms with van der Waals surface area (Å²) in [4.78, 5) is 19.3. The Morgan fingerprint density at radius 3 is 2.68 bits per heavy atom. The maximum absolute atomic E-state index is 12.6. The summed E-state index contributed by atoms with van der Waals surface area (Å²) in [5.74, 6) is 0.203. The summed E-state index contributed by atoms with van der Waals surface area (Å²) in [6.07, 6.45) is 3.90. The number of likely N-dealkylation sites (tertiary alicyclic amines) is 1. The number of hydrogen-bond donors (Lipinski definition) is 1. The van der Waals surface area contributed by atoms with Crippen LogP contribution in [-0.2, 0) is 11.2 Å². The summed E-state index contributed by atoms with van der Waals surface area (Å²) in [7, 11) is 0. The van der Waals surface area contributed by atoms with Crippen LogP contribution in [0.15, 0.2) is 29.6 Å². The maximum atomic E-state index is 12.6. The van der Waals surface area contributed by atoms with Crippen molar-refractivity contribution >= 4 is 28.8 Å². The van der Waals surface area contributed by atoms with E-state index in [-0.39, 0.29) is 5.91 Å². The quantitative estimate of drug-likeness (QED) is 0.891. The lowest BCUT2D eigenvalue weighted by molar-refractivity contribution is -0.132. The number of amides is 1. The zero-order chi connectivity index (χ0) is 17.3. The highest BCUT2D eigenvalue weighted by Crippen LogP contribution is 2.37. The Morgan fingerprint density at radius 2 is 2.00 bits per heavy atom. The van der Waals surface area contributed by atoms with Gasteiger partial charge in [0.25, 0.3) is 0 Å². The van der Waals surface area contributed by atoms with Gasteiger partial charge in [0.05, 0.1) is 12.1 Å².